The van der Waals surface area contributed by atoms with E-state index in [-0.39, 0.29) is 0 Å². The van der Waals surface area contributed by atoms with Gasteiger partial charge in [-0.05, 0) is 38.4 Å². The molecule has 0 bridgehead atoms. The number of anilines is 2. The van der Waals surface area contributed by atoms with Crippen molar-refractivity contribution in [3.8, 4) is 0 Å². The average Bonchev–Trinajstić information content (AvgIpc) is 2.42. The van der Waals surface area contributed by atoms with E-state index < -0.39 is 0 Å². The average molecular weight is 309 g/mol. The van der Waals surface area contributed by atoms with Crippen molar-refractivity contribution in [2.75, 3.05) is 32.1 Å². The Bertz CT molecular complexity index is 535. The maximum atomic E-state index is 6.35. The highest BCUT2D eigenvalue weighted by molar-refractivity contribution is 6.39. The molecule has 0 saturated carbocycles. The highest BCUT2D eigenvalue weighted by atomic mass is 35.5. The molecule has 0 unspecified atom stereocenters. The lowest BCUT2D eigenvalue weighted by atomic mass is 10.2. The maximum absolute atomic E-state index is 6.35. The second kappa shape index (κ2) is 6.98. The molecule has 4 heteroatoms. The largest absolute Gasteiger partial charge is 0.338 e. The van der Waals surface area contributed by atoms with Crippen LogP contribution in [0.15, 0.2) is 48.5 Å². The van der Waals surface area contributed by atoms with E-state index in [0.717, 1.165) is 24.5 Å². The van der Waals surface area contributed by atoms with Crippen LogP contribution in [0.5, 0.6) is 0 Å². The van der Waals surface area contributed by atoms with Gasteiger partial charge in [-0.15, -0.1) is 0 Å². The second-order valence-corrected chi connectivity index (χ2v) is 5.68. The highest BCUT2D eigenvalue weighted by Gasteiger charge is 2.16. The molecule has 2 rings (SSSR count). The SMILES string of the molecule is CN(C)CCN(c1ccccc1)c1c(Cl)cccc1Cl. The van der Waals surface area contributed by atoms with Gasteiger partial charge in [0.15, 0.2) is 0 Å². The molecule has 0 N–H and O–H groups in total. The van der Waals surface area contributed by atoms with Crippen LogP contribution in [0.3, 0.4) is 0 Å². The van der Waals surface area contributed by atoms with Gasteiger partial charge in [0.25, 0.3) is 0 Å². The third-order valence-corrected chi connectivity index (χ3v) is 3.66. The van der Waals surface area contributed by atoms with Crippen LogP contribution in [0.4, 0.5) is 11.4 Å². The Morgan fingerprint density at radius 3 is 1.95 bits per heavy atom. The molecule has 2 aromatic rings. The van der Waals surface area contributed by atoms with Gasteiger partial charge in [0.05, 0.1) is 15.7 Å². The van der Waals surface area contributed by atoms with Crippen molar-refractivity contribution in [1.29, 1.82) is 0 Å². The molecule has 0 aliphatic rings. The van der Waals surface area contributed by atoms with Gasteiger partial charge in [0.1, 0.15) is 0 Å². The smallest absolute Gasteiger partial charge is 0.0789 e. The van der Waals surface area contributed by atoms with Crippen LogP contribution in [-0.2, 0) is 0 Å². The van der Waals surface area contributed by atoms with E-state index in [1.165, 1.54) is 0 Å². The Morgan fingerprint density at radius 2 is 1.40 bits per heavy atom. The number of para-hydroxylation sites is 2. The summed E-state index contributed by atoms with van der Waals surface area (Å²) in [6.07, 6.45) is 0. The minimum Gasteiger partial charge on any atom is -0.338 e. The van der Waals surface area contributed by atoms with Crippen LogP contribution < -0.4 is 4.90 Å². The fraction of sp³-hybridized carbons (Fsp3) is 0.250. The molecule has 0 aliphatic heterocycles. The van der Waals surface area contributed by atoms with Gasteiger partial charge in [-0.2, -0.15) is 0 Å². The molecule has 0 spiro atoms. The molecule has 0 amide bonds. The number of hydrogen-bond acceptors (Lipinski definition) is 2. The van der Waals surface area contributed by atoms with Crippen molar-refractivity contribution >= 4 is 34.6 Å². The van der Waals surface area contributed by atoms with E-state index >= 15 is 0 Å². The molecule has 0 aromatic heterocycles. The summed E-state index contributed by atoms with van der Waals surface area (Å²) >= 11 is 12.7. The zero-order valence-electron chi connectivity index (χ0n) is 11.7. The predicted molar refractivity (Wildman–Crippen MR) is 88.5 cm³/mol. The number of halogens is 2. The van der Waals surface area contributed by atoms with Gasteiger partial charge >= 0.3 is 0 Å². The van der Waals surface area contributed by atoms with Gasteiger partial charge in [-0.3, -0.25) is 0 Å². The fourth-order valence-corrected chi connectivity index (χ4v) is 2.63. The lowest BCUT2D eigenvalue weighted by Crippen LogP contribution is -2.28. The number of rotatable bonds is 5. The molecule has 2 nitrogen and oxygen atoms in total. The van der Waals surface area contributed by atoms with Gasteiger partial charge in [-0.1, -0.05) is 47.5 Å². The quantitative estimate of drug-likeness (QED) is 0.790. The Kier molecular flexibility index (Phi) is 5.30. The van der Waals surface area contributed by atoms with Crippen molar-refractivity contribution in [2.45, 2.75) is 0 Å². The summed E-state index contributed by atoms with van der Waals surface area (Å²) in [6.45, 7) is 1.73. The third-order valence-electron chi connectivity index (χ3n) is 3.05. The van der Waals surface area contributed by atoms with E-state index in [2.05, 4.69) is 36.0 Å². The predicted octanol–water partition coefficient (Wildman–Crippen LogP) is 4.69. The van der Waals surface area contributed by atoms with E-state index in [1.54, 1.807) is 0 Å². The van der Waals surface area contributed by atoms with Crippen molar-refractivity contribution < 1.29 is 0 Å². The van der Waals surface area contributed by atoms with Crippen LogP contribution in [-0.4, -0.2) is 32.1 Å². The number of nitrogens with zero attached hydrogens (tertiary/aromatic N) is 2. The molecule has 0 atom stereocenters. The normalized spacial score (nSPS) is 10.8. The van der Waals surface area contributed by atoms with Crippen LogP contribution >= 0.6 is 23.2 Å². The van der Waals surface area contributed by atoms with Crippen LogP contribution in [0.2, 0.25) is 10.0 Å². The summed E-state index contributed by atoms with van der Waals surface area (Å²) in [4.78, 5) is 4.30. The summed E-state index contributed by atoms with van der Waals surface area (Å²) < 4.78 is 0. The minimum atomic E-state index is 0.667. The Labute approximate surface area is 130 Å². The zero-order chi connectivity index (χ0) is 14.5. The van der Waals surface area contributed by atoms with Gasteiger partial charge in [-0.25, -0.2) is 0 Å². The lowest BCUT2D eigenvalue weighted by Gasteiger charge is -2.28. The standard InChI is InChI=1S/C16H18Cl2N2/c1-19(2)11-12-20(13-7-4-3-5-8-13)16-14(17)9-6-10-15(16)18/h3-10H,11-12H2,1-2H3. The van der Waals surface area contributed by atoms with Crippen molar-refractivity contribution in [1.82, 2.24) is 4.90 Å². The molecular formula is C16H18Cl2N2. The van der Waals surface area contributed by atoms with Crippen molar-refractivity contribution in [3.63, 3.8) is 0 Å². The molecule has 2 aromatic carbocycles. The molecule has 0 heterocycles. The highest BCUT2D eigenvalue weighted by Crippen LogP contribution is 2.37. The monoisotopic (exact) mass is 308 g/mol. The fourth-order valence-electron chi connectivity index (χ4n) is 2.02. The first-order chi connectivity index (χ1) is 9.59. The Hall–Kier alpha value is -1.22. The van der Waals surface area contributed by atoms with E-state index in [9.17, 15) is 0 Å². The Morgan fingerprint density at radius 1 is 0.800 bits per heavy atom. The van der Waals surface area contributed by atoms with Crippen LogP contribution in [0, 0.1) is 0 Å². The molecule has 20 heavy (non-hydrogen) atoms. The van der Waals surface area contributed by atoms with E-state index in [1.807, 2.05) is 36.4 Å². The van der Waals surface area contributed by atoms with Crippen molar-refractivity contribution in [2.24, 2.45) is 0 Å². The summed E-state index contributed by atoms with van der Waals surface area (Å²) in [5.74, 6) is 0. The minimum absolute atomic E-state index is 0.667. The van der Waals surface area contributed by atoms with E-state index in [4.69, 9.17) is 23.2 Å². The van der Waals surface area contributed by atoms with Crippen molar-refractivity contribution in [3.05, 3.63) is 58.6 Å². The summed E-state index contributed by atoms with van der Waals surface area (Å²) in [6, 6.07) is 15.8. The molecule has 106 valence electrons. The number of benzene rings is 2. The third kappa shape index (κ3) is 3.66. The van der Waals surface area contributed by atoms with E-state index in [0.29, 0.717) is 10.0 Å². The van der Waals surface area contributed by atoms with Gasteiger partial charge < -0.3 is 9.80 Å². The first-order valence-corrected chi connectivity index (χ1v) is 7.26. The molecule has 0 radical (unpaired) electrons. The van der Waals surface area contributed by atoms with Crippen LogP contribution in [0.1, 0.15) is 0 Å². The number of hydrogen-bond donors (Lipinski definition) is 0. The van der Waals surface area contributed by atoms with Gasteiger partial charge in [0, 0.05) is 18.8 Å². The molecule has 0 fully saturated rings. The lowest BCUT2D eigenvalue weighted by molar-refractivity contribution is 0.419. The molecule has 0 saturated heterocycles. The Balaban J connectivity index is 2.41. The van der Waals surface area contributed by atoms with Crippen LogP contribution in [0.25, 0.3) is 0 Å². The maximum Gasteiger partial charge on any atom is 0.0789 e. The summed E-state index contributed by atoms with van der Waals surface area (Å²) in [5, 5.41) is 1.33. The topological polar surface area (TPSA) is 6.48 Å². The first kappa shape index (κ1) is 15.2. The summed E-state index contributed by atoms with van der Waals surface area (Å²) in [5.41, 5.74) is 1.95. The zero-order valence-corrected chi connectivity index (χ0v) is 13.2. The van der Waals surface area contributed by atoms with Gasteiger partial charge in [0.2, 0.25) is 0 Å². The number of likely N-dealkylation sites (N-methyl/N-ethyl adjacent to an activating group) is 1. The molecule has 0 aliphatic carbocycles. The first-order valence-electron chi connectivity index (χ1n) is 6.51. The molecular weight excluding hydrogens is 291 g/mol. The second-order valence-electron chi connectivity index (χ2n) is 4.86. The summed E-state index contributed by atoms with van der Waals surface area (Å²) in [7, 11) is 4.11.